The van der Waals surface area contributed by atoms with E-state index in [1.807, 2.05) is 61.4 Å². The van der Waals surface area contributed by atoms with Crippen molar-refractivity contribution in [3.63, 3.8) is 0 Å². The Labute approximate surface area is 211 Å². The van der Waals surface area contributed by atoms with Gasteiger partial charge in [0.25, 0.3) is 5.91 Å². The van der Waals surface area contributed by atoms with Crippen molar-refractivity contribution in [2.24, 2.45) is 11.1 Å². The van der Waals surface area contributed by atoms with Gasteiger partial charge in [-0.05, 0) is 41.0 Å². The molecule has 0 saturated carbocycles. The second kappa shape index (κ2) is 11.7. The van der Waals surface area contributed by atoms with Crippen LogP contribution in [0.2, 0.25) is 0 Å². The second-order valence-corrected chi connectivity index (χ2v) is 11.0. The van der Waals surface area contributed by atoms with Crippen LogP contribution in [-0.4, -0.2) is 66.3 Å². The summed E-state index contributed by atoms with van der Waals surface area (Å²) in [6.45, 7) is 7.38. The molecule has 1 aliphatic heterocycles. The molecule has 3 N–H and O–H groups in total. The van der Waals surface area contributed by atoms with E-state index < -0.39 is 6.04 Å². The first-order valence-electron chi connectivity index (χ1n) is 11.9. The lowest BCUT2D eigenvalue weighted by molar-refractivity contribution is -0.136. The van der Waals surface area contributed by atoms with Crippen molar-refractivity contribution in [3.8, 4) is 5.75 Å². The summed E-state index contributed by atoms with van der Waals surface area (Å²) in [5.41, 5.74) is 6.30. The molecule has 2 aromatic rings. The molecule has 8 nitrogen and oxygen atoms in total. The Bertz CT molecular complexity index is 1020. The molecule has 1 aromatic carbocycles. The van der Waals surface area contributed by atoms with Gasteiger partial charge in [-0.1, -0.05) is 39.0 Å². The van der Waals surface area contributed by atoms with E-state index in [2.05, 4.69) is 5.32 Å². The zero-order valence-electron chi connectivity index (χ0n) is 21.0. The van der Waals surface area contributed by atoms with Gasteiger partial charge in [0.2, 0.25) is 11.8 Å². The van der Waals surface area contributed by atoms with Gasteiger partial charge in [0.05, 0.1) is 18.0 Å². The van der Waals surface area contributed by atoms with Crippen molar-refractivity contribution in [1.82, 2.24) is 15.1 Å². The van der Waals surface area contributed by atoms with E-state index in [1.54, 1.807) is 18.1 Å². The topological polar surface area (TPSA) is 105 Å². The number of benzene rings is 1. The molecule has 1 aliphatic rings. The van der Waals surface area contributed by atoms with E-state index in [4.69, 9.17) is 10.5 Å². The summed E-state index contributed by atoms with van der Waals surface area (Å²) in [5, 5.41) is 4.66. The lowest BCUT2D eigenvalue weighted by atomic mass is 9.91. The van der Waals surface area contributed by atoms with E-state index in [-0.39, 0.29) is 35.7 Å². The number of methoxy groups -OCH3 is 1. The third-order valence-corrected chi connectivity index (χ3v) is 6.81. The number of nitrogens with one attached hydrogen (secondary N) is 1. The number of carbonyl (C=O) groups is 3. The predicted octanol–water partition coefficient (Wildman–Crippen LogP) is 2.88. The number of likely N-dealkylation sites (tertiary alicyclic amines) is 1. The Morgan fingerprint density at radius 2 is 2.00 bits per heavy atom. The molecule has 1 fully saturated rings. The number of hydrogen-bond donors (Lipinski definition) is 2. The van der Waals surface area contributed by atoms with E-state index >= 15 is 0 Å². The Morgan fingerprint density at radius 3 is 2.63 bits per heavy atom. The Morgan fingerprint density at radius 1 is 1.23 bits per heavy atom. The second-order valence-electron chi connectivity index (χ2n) is 10.0. The molecule has 35 heavy (non-hydrogen) atoms. The summed E-state index contributed by atoms with van der Waals surface area (Å²) < 4.78 is 5.36. The lowest BCUT2D eigenvalue weighted by Gasteiger charge is -2.32. The maximum atomic E-state index is 13.5. The standard InChI is InChI=1S/C26H36N4O4S/c1-26(2,3)15-23(31)29(16-18-7-5-8-20(13-18)34-4)19-14-21(24(32)28-11-10-27)30(17-19)25(33)22-9-6-12-35-22/h5-9,12-13,19,21H,10-11,14-17,27H2,1-4H3,(H,28,32). The smallest absolute Gasteiger partial charge is 0.264 e. The highest BCUT2D eigenvalue weighted by Gasteiger charge is 2.43. The summed E-state index contributed by atoms with van der Waals surface area (Å²) >= 11 is 1.34. The summed E-state index contributed by atoms with van der Waals surface area (Å²) in [6, 6.07) is 10.2. The molecule has 1 aromatic heterocycles. The van der Waals surface area contributed by atoms with E-state index in [0.717, 1.165) is 5.56 Å². The summed E-state index contributed by atoms with van der Waals surface area (Å²) in [7, 11) is 1.61. The van der Waals surface area contributed by atoms with Crippen molar-refractivity contribution in [1.29, 1.82) is 0 Å². The number of rotatable bonds is 9. The minimum Gasteiger partial charge on any atom is -0.497 e. The average Bonchev–Trinajstić information content (AvgIpc) is 3.50. The van der Waals surface area contributed by atoms with Crippen LogP contribution in [0.1, 0.15) is 48.8 Å². The minimum atomic E-state index is -0.670. The number of carbonyl (C=O) groups excluding carboxylic acids is 3. The molecule has 2 heterocycles. The number of amides is 3. The number of ether oxygens (including phenoxy) is 1. The fourth-order valence-electron chi connectivity index (χ4n) is 4.31. The van der Waals surface area contributed by atoms with Gasteiger partial charge in [0.15, 0.2) is 0 Å². The number of thiophene rings is 1. The molecule has 3 rings (SSSR count). The first kappa shape index (κ1) is 26.7. The van der Waals surface area contributed by atoms with E-state index in [0.29, 0.717) is 43.1 Å². The molecule has 190 valence electrons. The molecule has 0 radical (unpaired) electrons. The largest absolute Gasteiger partial charge is 0.497 e. The van der Waals surface area contributed by atoms with Gasteiger partial charge in [-0.3, -0.25) is 14.4 Å². The van der Waals surface area contributed by atoms with Crippen LogP contribution in [-0.2, 0) is 16.1 Å². The van der Waals surface area contributed by atoms with Gasteiger partial charge >= 0.3 is 0 Å². The molecule has 0 aliphatic carbocycles. The van der Waals surface area contributed by atoms with Crippen molar-refractivity contribution < 1.29 is 19.1 Å². The molecule has 0 spiro atoms. The quantitative estimate of drug-likeness (QED) is 0.551. The van der Waals surface area contributed by atoms with Gasteiger partial charge in [-0.25, -0.2) is 0 Å². The maximum Gasteiger partial charge on any atom is 0.264 e. The molecular formula is C26H36N4O4S. The third-order valence-electron chi connectivity index (χ3n) is 5.95. The van der Waals surface area contributed by atoms with Crippen LogP contribution in [0.4, 0.5) is 0 Å². The maximum absolute atomic E-state index is 13.5. The van der Waals surface area contributed by atoms with Gasteiger partial charge in [-0.2, -0.15) is 0 Å². The highest BCUT2D eigenvalue weighted by molar-refractivity contribution is 7.12. The van der Waals surface area contributed by atoms with Crippen molar-refractivity contribution >= 4 is 29.1 Å². The fourth-order valence-corrected chi connectivity index (χ4v) is 4.99. The van der Waals surface area contributed by atoms with Crippen LogP contribution in [0.15, 0.2) is 41.8 Å². The van der Waals surface area contributed by atoms with E-state index in [1.165, 1.54) is 11.3 Å². The average molecular weight is 501 g/mol. The molecule has 1 saturated heterocycles. The Hall–Kier alpha value is -2.91. The third kappa shape index (κ3) is 7.05. The lowest BCUT2D eigenvalue weighted by Crippen LogP contribution is -2.46. The summed E-state index contributed by atoms with van der Waals surface area (Å²) in [4.78, 5) is 43.9. The fraction of sp³-hybridized carbons (Fsp3) is 0.500. The van der Waals surface area contributed by atoms with Gasteiger partial charge < -0.3 is 25.6 Å². The zero-order chi connectivity index (χ0) is 25.6. The number of nitrogens with two attached hydrogens (primary N) is 1. The summed E-state index contributed by atoms with van der Waals surface area (Å²) in [6.07, 6.45) is 0.726. The minimum absolute atomic E-state index is 0.00291. The van der Waals surface area contributed by atoms with Crippen molar-refractivity contribution in [2.45, 2.75) is 52.2 Å². The normalized spacial score (nSPS) is 17.8. The first-order valence-corrected chi connectivity index (χ1v) is 12.8. The van der Waals surface area contributed by atoms with E-state index in [9.17, 15) is 14.4 Å². The highest BCUT2D eigenvalue weighted by atomic mass is 32.1. The molecule has 9 heteroatoms. The van der Waals surface area contributed by atoms with Crippen LogP contribution >= 0.6 is 11.3 Å². The molecule has 2 unspecified atom stereocenters. The monoisotopic (exact) mass is 500 g/mol. The molecule has 2 atom stereocenters. The first-order chi connectivity index (χ1) is 16.6. The highest BCUT2D eigenvalue weighted by Crippen LogP contribution is 2.30. The zero-order valence-corrected chi connectivity index (χ0v) is 21.8. The Balaban J connectivity index is 1.91. The van der Waals surface area contributed by atoms with Crippen LogP contribution < -0.4 is 15.8 Å². The van der Waals surface area contributed by atoms with Gasteiger partial charge in [0.1, 0.15) is 11.8 Å². The van der Waals surface area contributed by atoms with Crippen molar-refractivity contribution in [3.05, 3.63) is 52.2 Å². The van der Waals surface area contributed by atoms with Crippen LogP contribution in [0.3, 0.4) is 0 Å². The van der Waals surface area contributed by atoms with Gasteiger partial charge in [0, 0.05) is 32.6 Å². The molecule has 3 amide bonds. The van der Waals surface area contributed by atoms with Crippen LogP contribution in [0.5, 0.6) is 5.75 Å². The summed E-state index contributed by atoms with van der Waals surface area (Å²) in [5.74, 6) is 0.273. The molecular weight excluding hydrogens is 464 g/mol. The van der Waals surface area contributed by atoms with Crippen LogP contribution in [0.25, 0.3) is 0 Å². The number of nitrogens with zero attached hydrogens (tertiary/aromatic N) is 2. The Kier molecular flexibility index (Phi) is 8.91. The number of hydrogen-bond acceptors (Lipinski definition) is 6. The predicted molar refractivity (Wildman–Crippen MR) is 137 cm³/mol. The van der Waals surface area contributed by atoms with Crippen LogP contribution in [0, 0.1) is 5.41 Å². The van der Waals surface area contributed by atoms with Gasteiger partial charge in [-0.15, -0.1) is 11.3 Å². The SMILES string of the molecule is COc1cccc(CN(C(=O)CC(C)(C)C)C2CC(C(=O)NCCN)N(C(=O)c3cccs3)C2)c1. The van der Waals surface area contributed by atoms with Crippen molar-refractivity contribution in [2.75, 3.05) is 26.7 Å². The molecule has 0 bridgehead atoms.